The average Bonchev–Trinajstić information content (AvgIpc) is 4.03. The largest absolute Gasteiger partial charge is 0.366 e. The maximum Gasteiger partial charge on any atom is 0.262 e. The molecule has 0 spiro atoms. The van der Waals surface area contributed by atoms with E-state index in [2.05, 4.69) is 19.9 Å². The number of carbonyl (C=O) groups is 2. The fraction of sp³-hybridized carbons (Fsp3) is 0.0435. The van der Waals surface area contributed by atoms with Crippen molar-refractivity contribution in [2.75, 3.05) is 4.90 Å². The SMILES string of the molecule is Cc1cc(N(C(=O)c2cccc(-c3c4nc(c(-c5cccc(C(N)=O)c5)c5ccc(cc6nc(cc7ccc3[nH]7)C=C6)[nH]5)C=C4)c2)c2ccnc(C)c2)ccn1. The van der Waals surface area contributed by atoms with Crippen molar-refractivity contribution in [2.24, 2.45) is 5.73 Å². The van der Waals surface area contributed by atoms with Gasteiger partial charge in [0.25, 0.3) is 5.91 Å². The first-order chi connectivity index (χ1) is 27.3. The van der Waals surface area contributed by atoms with Gasteiger partial charge in [0.15, 0.2) is 0 Å². The minimum atomic E-state index is -0.517. The van der Waals surface area contributed by atoms with Crippen LogP contribution < -0.4 is 10.6 Å². The number of anilines is 2. The first-order valence-electron chi connectivity index (χ1n) is 18.1. The number of benzene rings is 2. The number of nitrogens with two attached hydrogens (primary N) is 1. The van der Waals surface area contributed by atoms with Gasteiger partial charge in [-0.05, 0) is 134 Å². The summed E-state index contributed by atoms with van der Waals surface area (Å²) in [6.07, 6.45) is 11.3. The van der Waals surface area contributed by atoms with E-state index in [0.717, 1.165) is 67.1 Å². The third-order valence-electron chi connectivity index (χ3n) is 9.71. The monoisotopic (exact) mass is 730 g/mol. The summed E-state index contributed by atoms with van der Waals surface area (Å²) in [7, 11) is 0. The van der Waals surface area contributed by atoms with Crippen molar-refractivity contribution in [1.82, 2.24) is 29.9 Å². The van der Waals surface area contributed by atoms with Crippen molar-refractivity contribution in [3.63, 3.8) is 0 Å². The van der Waals surface area contributed by atoms with Crippen LogP contribution in [-0.2, 0) is 0 Å². The Kier molecular flexibility index (Phi) is 8.47. The second kappa shape index (κ2) is 13.9. The summed E-state index contributed by atoms with van der Waals surface area (Å²) in [5, 5.41) is 0. The number of hydrogen-bond acceptors (Lipinski definition) is 6. The van der Waals surface area contributed by atoms with E-state index in [1.807, 2.05) is 135 Å². The Morgan fingerprint density at radius 1 is 0.571 bits per heavy atom. The van der Waals surface area contributed by atoms with Gasteiger partial charge in [0.2, 0.25) is 5.91 Å². The zero-order valence-corrected chi connectivity index (χ0v) is 30.5. The minimum Gasteiger partial charge on any atom is -0.366 e. The summed E-state index contributed by atoms with van der Waals surface area (Å²) < 4.78 is 0. The summed E-state index contributed by atoms with van der Waals surface area (Å²) in [6, 6.07) is 34.3. The van der Waals surface area contributed by atoms with Crippen molar-refractivity contribution in [2.45, 2.75) is 13.8 Å². The lowest BCUT2D eigenvalue weighted by Gasteiger charge is -2.24. The lowest BCUT2D eigenvalue weighted by molar-refractivity contribution is 0.0991. The lowest BCUT2D eigenvalue weighted by Crippen LogP contribution is -2.26. The van der Waals surface area contributed by atoms with E-state index in [9.17, 15) is 9.59 Å². The maximum absolute atomic E-state index is 14.7. The fourth-order valence-corrected chi connectivity index (χ4v) is 7.17. The predicted octanol–water partition coefficient (Wildman–Crippen LogP) is 9.47. The summed E-state index contributed by atoms with van der Waals surface area (Å²) in [6.45, 7) is 3.80. The number of rotatable bonds is 6. The first kappa shape index (κ1) is 34.1. The molecule has 5 aromatic heterocycles. The Morgan fingerprint density at radius 2 is 1.09 bits per heavy atom. The molecular formula is C46H34N8O2. The molecule has 0 fully saturated rings. The molecule has 0 radical (unpaired) electrons. The summed E-state index contributed by atoms with van der Waals surface area (Å²) in [5.41, 5.74) is 19.0. The van der Waals surface area contributed by atoms with E-state index in [4.69, 9.17) is 15.7 Å². The third-order valence-corrected chi connectivity index (χ3v) is 9.71. The molecule has 2 aliphatic rings. The van der Waals surface area contributed by atoms with E-state index in [-0.39, 0.29) is 5.91 Å². The summed E-state index contributed by atoms with van der Waals surface area (Å²) >= 11 is 0. The standard InChI is InChI=1S/C46H34N8O2/c1-27-21-37(17-19-48-27)54(38-18-20-49-28(2)22-38)46(56)32-8-4-6-30(24-32)44-40-14-12-36(52-40)26-34-10-9-33(50-34)25-35-11-13-39(51-35)43(41-15-16-42(44)53-41)29-5-3-7-31(23-29)45(47)55/h3-26,51-52H,1-2H3,(H2,47,55). The fourth-order valence-electron chi connectivity index (χ4n) is 7.17. The number of aryl methyl sites for hydroxylation is 2. The highest BCUT2D eigenvalue weighted by atomic mass is 16.2. The molecule has 2 amide bonds. The first-order valence-corrected chi connectivity index (χ1v) is 18.1. The van der Waals surface area contributed by atoms with Crippen molar-refractivity contribution in [1.29, 1.82) is 0 Å². The number of carbonyl (C=O) groups excluding carboxylic acids is 2. The summed E-state index contributed by atoms with van der Waals surface area (Å²) in [4.78, 5) is 54.6. The predicted molar refractivity (Wildman–Crippen MR) is 223 cm³/mol. The molecule has 7 aromatic rings. The van der Waals surface area contributed by atoms with Gasteiger partial charge in [0.05, 0.1) is 34.2 Å². The lowest BCUT2D eigenvalue weighted by atomic mass is 10.0. The molecule has 0 saturated carbocycles. The van der Waals surface area contributed by atoms with Crippen LogP contribution in [0, 0.1) is 13.8 Å². The van der Waals surface area contributed by atoms with Crippen LogP contribution in [0.3, 0.4) is 0 Å². The van der Waals surface area contributed by atoms with Gasteiger partial charge in [0, 0.05) is 68.1 Å². The number of nitrogens with zero attached hydrogens (tertiary/aromatic N) is 5. The van der Waals surface area contributed by atoms with Gasteiger partial charge in [-0.15, -0.1) is 0 Å². The quantitative estimate of drug-likeness (QED) is 0.155. The minimum absolute atomic E-state index is 0.212. The third kappa shape index (κ3) is 6.56. The molecule has 2 aliphatic heterocycles. The van der Waals surface area contributed by atoms with Gasteiger partial charge in [-0.1, -0.05) is 24.3 Å². The Morgan fingerprint density at radius 3 is 1.61 bits per heavy atom. The van der Waals surface area contributed by atoms with Gasteiger partial charge in [-0.2, -0.15) is 0 Å². The second-order valence-corrected chi connectivity index (χ2v) is 13.7. The summed E-state index contributed by atoms with van der Waals surface area (Å²) in [5.74, 6) is -0.729. The van der Waals surface area contributed by atoms with Crippen molar-refractivity contribution >= 4 is 69.6 Å². The molecule has 4 N–H and O–H groups in total. The van der Waals surface area contributed by atoms with Crippen LogP contribution in [-0.4, -0.2) is 41.7 Å². The Balaban J connectivity index is 1.29. The van der Waals surface area contributed by atoms with Crippen LogP contribution >= 0.6 is 0 Å². The normalized spacial score (nSPS) is 11.8. The number of fused-ring (bicyclic) bond motifs is 8. The van der Waals surface area contributed by atoms with Gasteiger partial charge in [0.1, 0.15) is 0 Å². The number of amides is 2. The Hall–Kier alpha value is -7.72. The molecule has 0 saturated heterocycles. The van der Waals surface area contributed by atoms with Crippen molar-refractivity contribution < 1.29 is 9.59 Å². The maximum atomic E-state index is 14.7. The molecule has 10 nitrogen and oxygen atoms in total. The molecule has 56 heavy (non-hydrogen) atoms. The molecule has 0 atom stereocenters. The topological polar surface area (TPSA) is 147 Å². The number of aromatic amines is 2. The molecule has 270 valence electrons. The number of hydrogen-bond donors (Lipinski definition) is 3. The second-order valence-electron chi connectivity index (χ2n) is 13.7. The van der Waals surface area contributed by atoms with Crippen molar-refractivity contribution in [3.8, 4) is 22.3 Å². The van der Waals surface area contributed by atoms with E-state index in [0.29, 0.717) is 33.9 Å². The molecule has 2 aromatic carbocycles. The van der Waals surface area contributed by atoms with Crippen LogP contribution in [0.25, 0.3) is 68.6 Å². The van der Waals surface area contributed by atoms with Crippen LogP contribution in [0.1, 0.15) is 54.9 Å². The van der Waals surface area contributed by atoms with E-state index < -0.39 is 5.91 Å². The smallest absolute Gasteiger partial charge is 0.262 e. The zero-order chi connectivity index (χ0) is 38.3. The average molecular weight is 731 g/mol. The molecule has 0 aliphatic carbocycles. The zero-order valence-electron chi connectivity index (χ0n) is 30.5. The van der Waals surface area contributed by atoms with Gasteiger partial charge in [-0.25, -0.2) is 9.97 Å². The number of aromatic nitrogens is 6. The molecular weight excluding hydrogens is 697 g/mol. The van der Waals surface area contributed by atoms with Crippen LogP contribution in [0.5, 0.6) is 0 Å². The van der Waals surface area contributed by atoms with Gasteiger partial charge < -0.3 is 15.7 Å². The van der Waals surface area contributed by atoms with Crippen LogP contribution in [0.2, 0.25) is 0 Å². The highest BCUT2D eigenvalue weighted by molar-refractivity contribution is 6.11. The van der Waals surface area contributed by atoms with E-state index in [1.165, 1.54) is 0 Å². The number of primary amides is 1. The molecule has 8 bridgehead atoms. The number of H-pyrrole nitrogens is 2. The van der Waals surface area contributed by atoms with Crippen LogP contribution in [0.4, 0.5) is 11.4 Å². The van der Waals surface area contributed by atoms with Crippen LogP contribution in [0.15, 0.2) is 122 Å². The van der Waals surface area contributed by atoms with E-state index in [1.54, 1.807) is 29.4 Å². The van der Waals surface area contributed by atoms with E-state index >= 15 is 0 Å². The molecule has 7 heterocycles. The molecule has 9 rings (SSSR count). The Labute approximate surface area is 321 Å². The van der Waals surface area contributed by atoms with Crippen molar-refractivity contribution in [3.05, 3.63) is 167 Å². The van der Waals surface area contributed by atoms with Gasteiger partial charge in [-0.3, -0.25) is 24.5 Å². The highest BCUT2D eigenvalue weighted by Gasteiger charge is 2.23. The van der Waals surface area contributed by atoms with Gasteiger partial charge >= 0.3 is 0 Å². The Bertz CT molecular complexity index is 2930. The highest BCUT2D eigenvalue weighted by Crippen LogP contribution is 2.36. The number of pyridine rings is 2. The molecule has 0 unspecified atom stereocenters. The number of nitrogens with one attached hydrogen (secondary N) is 2. The molecule has 10 heteroatoms.